The van der Waals surface area contributed by atoms with Crippen LogP contribution in [-0.2, 0) is 9.53 Å². The third-order valence-electron chi connectivity index (χ3n) is 3.64. The Bertz CT molecular complexity index is 227. The molecule has 1 saturated heterocycles. The third kappa shape index (κ3) is 2.32. The molecule has 2 rings (SSSR count). The molecule has 1 aliphatic carbocycles. The molecule has 1 amide bonds. The fourth-order valence-corrected chi connectivity index (χ4v) is 2.33. The highest BCUT2D eigenvalue weighted by Gasteiger charge is 2.40. The Morgan fingerprint density at radius 2 is 2.07 bits per heavy atom. The van der Waals surface area contributed by atoms with Gasteiger partial charge in [0, 0.05) is 33.3 Å². The lowest BCUT2D eigenvalue weighted by atomic mass is 9.77. The average molecular weight is 212 g/mol. The lowest BCUT2D eigenvalue weighted by molar-refractivity contribution is -0.144. The number of methoxy groups -OCH3 is 1. The number of ether oxygens (including phenoxy) is 1. The molecule has 0 aromatic carbocycles. The highest BCUT2D eigenvalue weighted by molar-refractivity contribution is 5.77. The van der Waals surface area contributed by atoms with Gasteiger partial charge in [0.2, 0.25) is 5.91 Å². The van der Waals surface area contributed by atoms with Gasteiger partial charge in [-0.2, -0.15) is 0 Å². The van der Waals surface area contributed by atoms with Crippen molar-refractivity contribution in [1.29, 1.82) is 0 Å². The van der Waals surface area contributed by atoms with E-state index < -0.39 is 0 Å². The number of nitrogens with one attached hydrogen (secondary N) is 1. The van der Waals surface area contributed by atoms with Crippen LogP contribution < -0.4 is 5.32 Å². The monoisotopic (exact) mass is 212 g/mol. The first-order valence-corrected chi connectivity index (χ1v) is 5.79. The minimum atomic E-state index is -0.123. The van der Waals surface area contributed by atoms with Crippen molar-refractivity contribution in [2.45, 2.75) is 31.3 Å². The predicted molar refractivity (Wildman–Crippen MR) is 57.7 cm³/mol. The van der Waals surface area contributed by atoms with Crippen LogP contribution in [0.1, 0.15) is 25.7 Å². The van der Waals surface area contributed by atoms with Crippen LogP contribution in [0.25, 0.3) is 0 Å². The first-order valence-electron chi connectivity index (χ1n) is 5.79. The Morgan fingerprint density at radius 1 is 1.40 bits per heavy atom. The zero-order valence-electron chi connectivity index (χ0n) is 9.42. The van der Waals surface area contributed by atoms with Crippen LogP contribution in [0, 0.1) is 0 Å². The zero-order chi connectivity index (χ0) is 10.7. The van der Waals surface area contributed by atoms with Gasteiger partial charge in [-0.1, -0.05) is 0 Å². The van der Waals surface area contributed by atoms with Gasteiger partial charge in [0.25, 0.3) is 0 Å². The molecule has 4 heteroatoms. The molecule has 0 spiro atoms. The fraction of sp³-hybridized carbons (Fsp3) is 0.909. The molecule has 15 heavy (non-hydrogen) atoms. The van der Waals surface area contributed by atoms with Crippen LogP contribution in [-0.4, -0.2) is 49.7 Å². The molecule has 1 saturated carbocycles. The summed E-state index contributed by atoms with van der Waals surface area (Å²) in [7, 11) is 1.73. The molecule has 0 radical (unpaired) electrons. The third-order valence-corrected chi connectivity index (χ3v) is 3.64. The van der Waals surface area contributed by atoms with Crippen molar-refractivity contribution < 1.29 is 9.53 Å². The van der Waals surface area contributed by atoms with Crippen LogP contribution in [0.4, 0.5) is 0 Å². The van der Waals surface area contributed by atoms with Crippen molar-refractivity contribution in [3.8, 4) is 0 Å². The minimum Gasteiger partial charge on any atom is -0.378 e. The molecular formula is C11H20N2O2. The van der Waals surface area contributed by atoms with Crippen LogP contribution in [0.15, 0.2) is 0 Å². The number of nitrogens with zero attached hydrogens (tertiary/aromatic N) is 1. The van der Waals surface area contributed by atoms with Gasteiger partial charge in [0.15, 0.2) is 0 Å². The Balaban J connectivity index is 1.85. The van der Waals surface area contributed by atoms with Crippen molar-refractivity contribution in [2.24, 2.45) is 0 Å². The maximum Gasteiger partial charge on any atom is 0.225 e. The Hall–Kier alpha value is -0.610. The minimum absolute atomic E-state index is 0.123. The van der Waals surface area contributed by atoms with Crippen molar-refractivity contribution in [3.05, 3.63) is 0 Å². The van der Waals surface area contributed by atoms with E-state index in [1.165, 1.54) is 6.42 Å². The van der Waals surface area contributed by atoms with Gasteiger partial charge < -0.3 is 15.0 Å². The molecule has 4 nitrogen and oxygen atoms in total. The molecule has 0 bridgehead atoms. The van der Waals surface area contributed by atoms with Crippen molar-refractivity contribution in [3.63, 3.8) is 0 Å². The Morgan fingerprint density at radius 3 is 2.53 bits per heavy atom. The van der Waals surface area contributed by atoms with E-state index in [-0.39, 0.29) is 11.5 Å². The number of carbonyl (C=O) groups excluding carboxylic acids is 1. The quantitative estimate of drug-likeness (QED) is 0.735. The van der Waals surface area contributed by atoms with Crippen molar-refractivity contribution >= 4 is 5.91 Å². The second-order valence-electron chi connectivity index (χ2n) is 4.55. The summed E-state index contributed by atoms with van der Waals surface area (Å²) >= 11 is 0. The molecular weight excluding hydrogens is 192 g/mol. The summed E-state index contributed by atoms with van der Waals surface area (Å²) < 4.78 is 5.47. The van der Waals surface area contributed by atoms with Crippen LogP contribution >= 0.6 is 0 Å². The molecule has 1 aliphatic heterocycles. The number of rotatable bonds is 3. The van der Waals surface area contributed by atoms with Crippen LogP contribution in [0.3, 0.4) is 0 Å². The molecule has 1 N–H and O–H groups in total. The number of hydrogen-bond donors (Lipinski definition) is 1. The van der Waals surface area contributed by atoms with Gasteiger partial charge in [-0.05, 0) is 19.3 Å². The highest BCUT2D eigenvalue weighted by Crippen LogP contribution is 2.38. The summed E-state index contributed by atoms with van der Waals surface area (Å²) in [6, 6.07) is 0. The largest absolute Gasteiger partial charge is 0.378 e. The zero-order valence-corrected chi connectivity index (χ0v) is 9.42. The summed E-state index contributed by atoms with van der Waals surface area (Å²) in [6.07, 6.45) is 3.86. The van der Waals surface area contributed by atoms with E-state index in [4.69, 9.17) is 4.74 Å². The van der Waals surface area contributed by atoms with Gasteiger partial charge in [0.1, 0.15) is 0 Å². The SMILES string of the molecule is COC1(CC(=O)N2CCNCC2)CCC1. The summed E-state index contributed by atoms with van der Waals surface area (Å²) in [4.78, 5) is 13.9. The van der Waals surface area contributed by atoms with E-state index >= 15 is 0 Å². The topological polar surface area (TPSA) is 41.6 Å². The van der Waals surface area contributed by atoms with Crippen LogP contribution in [0.2, 0.25) is 0 Å². The maximum atomic E-state index is 12.0. The number of amides is 1. The van der Waals surface area contributed by atoms with E-state index in [0.717, 1.165) is 39.0 Å². The van der Waals surface area contributed by atoms with Gasteiger partial charge >= 0.3 is 0 Å². The average Bonchev–Trinajstić information content (AvgIpc) is 2.24. The van der Waals surface area contributed by atoms with E-state index in [9.17, 15) is 4.79 Å². The van der Waals surface area contributed by atoms with E-state index in [1.807, 2.05) is 4.90 Å². The first-order chi connectivity index (χ1) is 7.26. The van der Waals surface area contributed by atoms with Crippen molar-refractivity contribution in [1.82, 2.24) is 10.2 Å². The number of hydrogen-bond acceptors (Lipinski definition) is 3. The smallest absolute Gasteiger partial charge is 0.225 e. The van der Waals surface area contributed by atoms with Crippen LogP contribution in [0.5, 0.6) is 0 Å². The van der Waals surface area contributed by atoms with E-state index in [2.05, 4.69) is 5.32 Å². The number of piperazine rings is 1. The molecule has 2 aliphatic rings. The lowest BCUT2D eigenvalue weighted by Gasteiger charge is -2.41. The molecule has 0 atom stereocenters. The van der Waals surface area contributed by atoms with Gasteiger partial charge in [0.05, 0.1) is 12.0 Å². The molecule has 0 aromatic heterocycles. The summed E-state index contributed by atoms with van der Waals surface area (Å²) in [5.74, 6) is 0.262. The van der Waals surface area contributed by atoms with Crippen molar-refractivity contribution in [2.75, 3.05) is 33.3 Å². The summed E-state index contributed by atoms with van der Waals surface area (Å²) in [5, 5.41) is 3.25. The maximum absolute atomic E-state index is 12.0. The second kappa shape index (κ2) is 4.49. The van der Waals surface area contributed by atoms with E-state index in [0.29, 0.717) is 6.42 Å². The van der Waals surface area contributed by atoms with Gasteiger partial charge in [-0.15, -0.1) is 0 Å². The highest BCUT2D eigenvalue weighted by atomic mass is 16.5. The molecule has 86 valence electrons. The molecule has 0 aromatic rings. The second-order valence-corrected chi connectivity index (χ2v) is 4.55. The summed E-state index contributed by atoms with van der Waals surface area (Å²) in [5.41, 5.74) is -0.123. The van der Waals surface area contributed by atoms with Gasteiger partial charge in [-0.3, -0.25) is 4.79 Å². The standard InChI is InChI=1S/C11H20N2O2/c1-15-11(3-2-4-11)9-10(14)13-7-5-12-6-8-13/h12H,2-9H2,1H3. The fourth-order valence-electron chi connectivity index (χ4n) is 2.33. The first kappa shape index (κ1) is 10.9. The summed E-state index contributed by atoms with van der Waals surface area (Å²) in [6.45, 7) is 3.54. The number of carbonyl (C=O) groups is 1. The van der Waals surface area contributed by atoms with Gasteiger partial charge in [-0.25, -0.2) is 0 Å². The predicted octanol–water partition coefficient (Wildman–Crippen LogP) is 0.377. The van der Waals surface area contributed by atoms with E-state index in [1.54, 1.807) is 7.11 Å². The lowest BCUT2D eigenvalue weighted by Crippen LogP contribution is -2.50. The normalized spacial score (nSPS) is 24.7. The molecule has 0 unspecified atom stereocenters. The Kier molecular flexibility index (Phi) is 3.26. The molecule has 1 heterocycles. The molecule has 2 fully saturated rings. The Labute approximate surface area is 91.0 Å².